The molecule has 0 saturated heterocycles. The number of nitrogens with one attached hydrogen (secondary N) is 1. The lowest BCUT2D eigenvalue weighted by molar-refractivity contribution is 0.571. The van der Waals surface area contributed by atoms with Gasteiger partial charge in [-0.3, -0.25) is 0 Å². The molecule has 0 heterocycles. The van der Waals surface area contributed by atoms with E-state index in [-0.39, 0.29) is 0 Å². The fourth-order valence-electron chi connectivity index (χ4n) is 1.04. The first-order valence-corrected chi connectivity index (χ1v) is 4.25. The maximum Gasteiger partial charge on any atom is 0.0136 e. The van der Waals surface area contributed by atoms with Gasteiger partial charge < -0.3 is 11.1 Å². The molecule has 0 aliphatic heterocycles. The normalized spacial score (nSPS) is 21.0. The van der Waals surface area contributed by atoms with Crippen LogP contribution >= 0.6 is 0 Å². The van der Waals surface area contributed by atoms with Crippen molar-refractivity contribution in [1.82, 2.24) is 5.32 Å². The summed E-state index contributed by atoms with van der Waals surface area (Å²) < 4.78 is 0. The van der Waals surface area contributed by atoms with Gasteiger partial charge in [0.2, 0.25) is 0 Å². The summed E-state index contributed by atoms with van der Waals surface area (Å²) in [6.07, 6.45) is 4.27. The van der Waals surface area contributed by atoms with E-state index in [1.807, 2.05) is 6.92 Å². The summed E-state index contributed by atoms with van der Waals surface area (Å²) in [4.78, 5) is 0. The molecule has 1 aliphatic rings. The predicted molar refractivity (Wildman–Crippen MR) is 43.9 cm³/mol. The van der Waals surface area contributed by atoms with E-state index in [1.165, 1.54) is 19.3 Å². The van der Waals surface area contributed by atoms with Gasteiger partial charge in [0.15, 0.2) is 0 Å². The lowest BCUT2D eigenvalue weighted by Crippen LogP contribution is -2.31. The van der Waals surface area contributed by atoms with Crippen molar-refractivity contribution in [3.63, 3.8) is 0 Å². The molecule has 0 aromatic heterocycles. The highest BCUT2D eigenvalue weighted by Gasteiger charge is 2.19. The first kappa shape index (κ1) is 8.02. The minimum absolute atomic E-state index is 0.305. The number of nitrogens with two attached hydrogens (primary N) is 1. The highest BCUT2D eigenvalue weighted by molar-refractivity contribution is 4.73. The summed E-state index contributed by atoms with van der Waals surface area (Å²) in [5, 5.41) is 3.33. The van der Waals surface area contributed by atoms with Gasteiger partial charge in [-0.25, -0.2) is 0 Å². The summed E-state index contributed by atoms with van der Waals surface area (Å²) >= 11 is 0. The van der Waals surface area contributed by atoms with Crippen molar-refractivity contribution in [2.24, 2.45) is 11.7 Å². The smallest absolute Gasteiger partial charge is 0.0136 e. The molecular formula is C8H18N2. The van der Waals surface area contributed by atoms with E-state index in [2.05, 4.69) is 5.32 Å². The van der Waals surface area contributed by atoms with Gasteiger partial charge in [0.05, 0.1) is 0 Å². The van der Waals surface area contributed by atoms with Crippen molar-refractivity contribution in [1.29, 1.82) is 0 Å². The topological polar surface area (TPSA) is 38.0 Å². The third-order valence-corrected chi connectivity index (χ3v) is 1.89. The number of hydrogen-bond acceptors (Lipinski definition) is 2. The van der Waals surface area contributed by atoms with E-state index < -0.39 is 0 Å². The zero-order valence-electron chi connectivity index (χ0n) is 6.77. The van der Waals surface area contributed by atoms with Crippen LogP contribution in [-0.4, -0.2) is 19.1 Å². The van der Waals surface area contributed by atoms with Crippen molar-refractivity contribution in [2.45, 2.75) is 32.2 Å². The Kier molecular flexibility index (Phi) is 3.16. The Morgan fingerprint density at radius 2 is 2.30 bits per heavy atom. The molecule has 0 radical (unpaired) electrons. The van der Waals surface area contributed by atoms with Crippen LogP contribution in [-0.2, 0) is 0 Å². The van der Waals surface area contributed by atoms with Gasteiger partial charge in [-0.1, -0.05) is 12.8 Å². The Balaban J connectivity index is 1.76. The van der Waals surface area contributed by atoms with Crippen LogP contribution in [0.4, 0.5) is 0 Å². The highest BCUT2D eigenvalue weighted by Crippen LogP contribution is 2.31. The summed E-state index contributed by atoms with van der Waals surface area (Å²) in [5.74, 6) is 1.04. The Hall–Kier alpha value is -0.0800. The van der Waals surface area contributed by atoms with Crippen LogP contribution in [0.15, 0.2) is 0 Å². The molecule has 1 atom stereocenters. The third kappa shape index (κ3) is 3.85. The largest absolute Gasteiger partial charge is 0.327 e. The van der Waals surface area contributed by atoms with Gasteiger partial charge in [-0.05, 0) is 25.8 Å². The summed E-state index contributed by atoms with van der Waals surface area (Å²) in [7, 11) is 0. The molecule has 2 nitrogen and oxygen atoms in total. The van der Waals surface area contributed by atoms with Crippen molar-refractivity contribution < 1.29 is 0 Å². The van der Waals surface area contributed by atoms with E-state index in [0.717, 1.165) is 19.0 Å². The SMILES string of the molecule is C[C@@H](N)CNCCC1CC1. The number of rotatable bonds is 5. The first-order valence-electron chi connectivity index (χ1n) is 4.25. The Bertz CT molecular complexity index is 83.3. The van der Waals surface area contributed by atoms with E-state index >= 15 is 0 Å². The van der Waals surface area contributed by atoms with Crippen molar-refractivity contribution in [3.05, 3.63) is 0 Å². The standard InChI is InChI=1S/C8H18N2/c1-7(9)6-10-5-4-8-2-3-8/h7-8,10H,2-6,9H2,1H3/t7-/m1/s1. The van der Waals surface area contributed by atoms with Gasteiger partial charge in [0.25, 0.3) is 0 Å². The zero-order chi connectivity index (χ0) is 7.40. The lowest BCUT2D eigenvalue weighted by Gasteiger charge is -2.05. The minimum atomic E-state index is 0.305. The van der Waals surface area contributed by atoms with Gasteiger partial charge in [-0.2, -0.15) is 0 Å². The van der Waals surface area contributed by atoms with Crippen LogP contribution < -0.4 is 11.1 Å². The average Bonchev–Trinajstić information content (AvgIpc) is 2.62. The second-order valence-corrected chi connectivity index (χ2v) is 3.41. The third-order valence-electron chi connectivity index (χ3n) is 1.89. The molecule has 0 amide bonds. The molecule has 0 bridgehead atoms. The monoisotopic (exact) mass is 142 g/mol. The second kappa shape index (κ2) is 3.94. The molecule has 0 aromatic rings. The minimum Gasteiger partial charge on any atom is -0.327 e. The van der Waals surface area contributed by atoms with Gasteiger partial charge in [0.1, 0.15) is 0 Å². The second-order valence-electron chi connectivity index (χ2n) is 3.41. The number of hydrogen-bond donors (Lipinski definition) is 2. The molecule has 2 heteroatoms. The molecule has 1 aliphatic carbocycles. The zero-order valence-corrected chi connectivity index (χ0v) is 6.77. The summed E-state index contributed by atoms with van der Waals surface area (Å²) in [5.41, 5.74) is 5.56. The van der Waals surface area contributed by atoms with E-state index in [1.54, 1.807) is 0 Å². The van der Waals surface area contributed by atoms with Crippen molar-refractivity contribution >= 4 is 0 Å². The lowest BCUT2D eigenvalue weighted by atomic mass is 10.3. The molecular weight excluding hydrogens is 124 g/mol. The van der Waals surface area contributed by atoms with Crippen molar-refractivity contribution in [3.8, 4) is 0 Å². The van der Waals surface area contributed by atoms with E-state index in [0.29, 0.717) is 6.04 Å². The van der Waals surface area contributed by atoms with Crippen LogP contribution in [0, 0.1) is 5.92 Å². The molecule has 1 saturated carbocycles. The van der Waals surface area contributed by atoms with Crippen molar-refractivity contribution in [2.75, 3.05) is 13.1 Å². The maximum absolute atomic E-state index is 5.56. The Morgan fingerprint density at radius 1 is 1.60 bits per heavy atom. The van der Waals surface area contributed by atoms with Gasteiger partial charge in [0, 0.05) is 12.6 Å². The Morgan fingerprint density at radius 3 is 2.80 bits per heavy atom. The van der Waals surface area contributed by atoms with E-state index in [4.69, 9.17) is 5.73 Å². The van der Waals surface area contributed by atoms with Gasteiger partial charge >= 0.3 is 0 Å². The summed E-state index contributed by atoms with van der Waals surface area (Å²) in [6, 6.07) is 0.305. The molecule has 1 rings (SSSR count). The fourth-order valence-corrected chi connectivity index (χ4v) is 1.04. The van der Waals surface area contributed by atoms with Crippen LogP contribution in [0.5, 0.6) is 0 Å². The fraction of sp³-hybridized carbons (Fsp3) is 1.00. The van der Waals surface area contributed by atoms with Crippen LogP contribution in [0.3, 0.4) is 0 Å². The van der Waals surface area contributed by atoms with E-state index in [9.17, 15) is 0 Å². The molecule has 10 heavy (non-hydrogen) atoms. The van der Waals surface area contributed by atoms with Gasteiger partial charge in [-0.15, -0.1) is 0 Å². The first-order chi connectivity index (χ1) is 4.79. The molecule has 0 spiro atoms. The molecule has 1 fully saturated rings. The molecule has 3 N–H and O–H groups in total. The van der Waals surface area contributed by atoms with Crippen LogP contribution in [0.25, 0.3) is 0 Å². The predicted octanol–water partition coefficient (Wildman–Crippen LogP) is 0.723. The average molecular weight is 142 g/mol. The maximum atomic E-state index is 5.56. The Labute approximate surface area is 63.2 Å². The highest BCUT2D eigenvalue weighted by atomic mass is 14.9. The quantitative estimate of drug-likeness (QED) is 0.555. The molecule has 0 aromatic carbocycles. The molecule has 0 unspecified atom stereocenters. The molecule has 60 valence electrons. The van der Waals surface area contributed by atoms with Crippen LogP contribution in [0.2, 0.25) is 0 Å². The summed E-state index contributed by atoms with van der Waals surface area (Å²) in [6.45, 7) is 4.16. The van der Waals surface area contributed by atoms with Crippen LogP contribution in [0.1, 0.15) is 26.2 Å².